The minimum atomic E-state index is -5.06. The zero-order valence-corrected chi connectivity index (χ0v) is 14.1. The average Bonchev–Trinajstić information content (AvgIpc) is 2.51. The van der Waals surface area contributed by atoms with Crippen LogP contribution in [-0.2, 0) is 6.18 Å². The highest BCUT2D eigenvalue weighted by molar-refractivity contribution is 8.00. The molecule has 1 rings (SSSR count). The molecule has 1 aromatic rings. The Labute approximate surface area is 144 Å². The molecule has 1 atom stereocenters. The van der Waals surface area contributed by atoms with Gasteiger partial charge in [-0.05, 0) is 13.8 Å². The van der Waals surface area contributed by atoms with E-state index in [4.69, 9.17) is 5.26 Å². The first-order chi connectivity index (χ1) is 11.4. The number of hydrogen-bond donors (Lipinski definition) is 0. The zero-order valence-electron chi connectivity index (χ0n) is 13.3. The van der Waals surface area contributed by atoms with Crippen molar-refractivity contribution in [3.63, 3.8) is 0 Å². The second-order valence-electron chi connectivity index (χ2n) is 4.88. The Morgan fingerprint density at radius 2 is 1.92 bits per heavy atom. The fourth-order valence-electron chi connectivity index (χ4n) is 2.00. The minimum Gasteiger partial charge on any atom is -0.364 e. The van der Waals surface area contributed by atoms with E-state index in [9.17, 15) is 33.4 Å². The summed E-state index contributed by atoms with van der Waals surface area (Å²) in [4.78, 5) is 20.8. The van der Waals surface area contributed by atoms with E-state index in [0.29, 0.717) is 11.8 Å². The fraction of sp³-hybridized carbons (Fsp3) is 0.462. The van der Waals surface area contributed by atoms with Gasteiger partial charge in [-0.25, -0.2) is 0 Å². The highest BCUT2D eigenvalue weighted by Crippen LogP contribution is 2.50. The Morgan fingerprint density at radius 3 is 2.28 bits per heavy atom. The Bertz CT molecular complexity index is 748. The van der Waals surface area contributed by atoms with Gasteiger partial charge in [-0.3, -0.25) is 20.2 Å². The highest BCUT2D eigenvalue weighted by Gasteiger charge is 2.43. The van der Waals surface area contributed by atoms with Gasteiger partial charge in [0.2, 0.25) is 0 Å². The van der Waals surface area contributed by atoms with Gasteiger partial charge in [0.25, 0.3) is 5.69 Å². The van der Waals surface area contributed by atoms with Crippen LogP contribution in [-0.4, -0.2) is 28.7 Å². The lowest BCUT2D eigenvalue weighted by molar-refractivity contribution is -0.394. The summed E-state index contributed by atoms with van der Waals surface area (Å²) < 4.78 is 40.0. The van der Waals surface area contributed by atoms with Crippen molar-refractivity contribution in [1.82, 2.24) is 0 Å². The van der Waals surface area contributed by atoms with E-state index in [1.165, 1.54) is 20.9 Å². The molecule has 0 aliphatic rings. The minimum absolute atomic E-state index is 0.0882. The predicted molar refractivity (Wildman–Crippen MR) is 84.6 cm³/mol. The molecule has 0 aromatic heterocycles. The highest BCUT2D eigenvalue weighted by atomic mass is 32.2. The number of nitrogens with zero attached hydrogens (tertiary/aromatic N) is 4. The number of thioether (sulfide) groups is 1. The molecular formula is C13H13F3N4O4S. The van der Waals surface area contributed by atoms with Crippen molar-refractivity contribution >= 4 is 28.8 Å². The van der Waals surface area contributed by atoms with E-state index in [0.717, 1.165) is 4.90 Å². The lowest BCUT2D eigenvalue weighted by atomic mass is 10.1. The smallest absolute Gasteiger partial charge is 0.364 e. The molecule has 0 N–H and O–H groups in total. The molecular weight excluding hydrogens is 365 g/mol. The van der Waals surface area contributed by atoms with Gasteiger partial charge in [0, 0.05) is 19.7 Å². The molecule has 25 heavy (non-hydrogen) atoms. The van der Waals surface area contributed by atoms with E-state index in [1.54, 1.807) is 6.07 Å². The molecule has 1 unspecified atom stereocenters. The van der Waals surface area contributed by atoms with Crippen molar-refractivity contribution in [2.75, 3.05) is 18.5 Å². The number of rotatable bonds is 6. The maximum atomic E-state index is 13.3. The van der Waals surface area contributed by atoms with Crippen molar-refractivity contribution in [2.24, 2.45) is 0 Å². The summed E-state index contributed by atoms with van der Waals surface area (Å²) in [5.74, 6) is 0. The summed E-state index contributed by atoms with van der Waals surface area (Å²) in [6.07, 6.45) is -5.06. The van der Waals surface area contributed by atoms with Crippen LogP contribution in [0.2, 0.25) is 0 Å². The molecule has 0 bridgehead atoms. The summed E-state index contributed by atoms with van der Waals surface area (Å²) in [6, 6.07) is 1.96. The molecule has 136 valence electrons. The monoisotopic (exact) mass is 378 g/mol. The number of nitriles is 1. The summed E-state index contributed by atoms with van der Waals surface area (Å²) in [5.41, 5.74) is -4.08. The third kappa shape index (κ3) is 4.30. The summed E-state index contributed by atoms with van der Waals surface area (Å²) in [5, 5.41) is 30.5. The van der Waals surface area contributed by atoms with Crippen molar-refractivity contribution in [1.29, 1.82) is 5.26 Å². The lowest BCUT2D eigenvalue weighted by Gasteiger charge is -2.21. The van der Waals surface area contributed by atoms with Crippen molar-refractivity contribution < 1.29 is 23.0 Å². The van der Waals surface area contributed by atoms with Crippen LogP contribution in [0, 0.1) is 31.6 Å². The van der Waals surface area contributed by atoms with Crippen LogP contribution < -0.4 is 4.90 Å². The Hall–Kier alpha value is -2.55. The van der Waals surface area contributed by atoms with Crippen LogP contribution in [0.25, 0.3) is 0 Å². The Balaban J connectivity index is 4.03. The van der Waals surface area contributed by atoms with Gasteiger partial charge in [-0.2, -0.15) is 18.4 Å². The summed E-state index contributed by atoms with van der Waals surface area (Å²) in [6.45, 7) is 2.90. The van der Waals surface area contributed by atoms with Crippen molar-refractivity contribution in [3.8, 4) is 6.07 Å². The number of nitro groups is 2. The van der Waals surface area contributed by atoms with Crippen molar-refractivity contribution in [2.45, 2.75) is 30.2 Å². The van der Waals surface area contributed by atoms with E-state index in [-0.39, 0.29) is 12.6 Å². The SMILES string of the molecule is CCN(C)c1c([N+](=O)[O-])cc(C(F)(F)F)c(SC(C)C#N)c1[N+](=O)[O-]. The third-order valence-electron chi connectivity index (χ3n) is 3.22. The Morgan fingerprint density at radius 1 is 1.36 bits per heavy atom. The summed E-state index contributed by atoms with van der Waals surface area (Å²) in [7, 11) is 1.30. The van der Waals surface area contributed by atoms with Crippen LogP contribution in [0.4, 0.5) is 30.2 Å². The number of anilines is 1. The number of nitro benzene ring substituents is 2. The van der Waals surface area contributed by atoms with Crippen LogP contribution in [0.1, 0.15) is 19.4 Å². The molecule has 0 saturated carbocycles. The van der Waals surface area contributed by atoms with E-state index in [1.807, 2.05) is 0 Å². The standard InChI is InChI=1S/C13H13F3N4O4S/c1-4-18(3)10-9(19(21)22)5-8(13(14,15)16)12(11(10)20(23)24)25-7(2)6-17/h5,7H,4H2,1-3H3. The first-order valence-corrected chi connectivity index (χ1v) is 7.68. The van der Waals surface area contributed by atoms with Crippen LogP contribution in [0.3, 0.4) is 0 Å². The third-order valence-corrected chi connectivity index (χ3v) is 4.33. The molecule has 8 nitrogen and oxygen atoms in total. The number of hydrogen-bond acceptors (Lipinski definition) is 7. The largest absolute Gasteiger partial charge is 0.417 e. The van der Waals surface area contributed by atoms with E-state index >= 15 is 0 Å². The van der Waals surface area contributed by atoms with Crippen LogP contribution in [0.15, 0.2) is 11.0 Å². The Kier molecular flexibility index (Phi) is 6.20. The van der Waals surface area contributed by atoms with Gasteiger partial charge in [-0.1, -0.05) is 11.8 Å². The fourth-order valence-corrected chi connectivity index (χ4v) is 2.99. The van der Waals surface area contributed by atoms with Gasteiger partial charge in [0.05, 0.1) is 26.7 Å². The van der Waals surface area contributed by atoms with Crippen molar-refractivity contribution in [3.05, 3.63) is 31.9 Å². The quantitative estimate of drug-likeness (QED) is 0.418. The number of halogens is 3. The molecule has 12 heteroatoms. The second kappa shape index (κ2) is 7.56. The molecule has 0 saturated heterocycles. The first kappa shape index (κ1) is 20.5. The zero-order chi connectivity index (χ0) is 19.5. The average molecular weight is 378 g/mol. The van der Waals surface area contributed by atoms with Gasteiger partial charge in [0.15, 0.2) is 5.69 Å². The molecule has 0 fully saturated rings. The summed E-state index contributed by atoms with van der Waals surface area (Å²) >= 11 is 0.342. The molecule has 0 aliphatic carbocycles. The molecule has 0 amide bonds. The molecule has 0 heterocycles. The van der Waals surface area contributed by atoms with Crippen LogP contribution in [0.5, 0.6) is 0 Å². The van der Waals surface area contributed by atoms with Gasteiger partial charge >= 0.3 is 11.9 Å². The van der Waals surface area contributed by atoms with Crippen LogP contribution >= 0.6 is 11.8 Å². The van der Waals surface area contributed by atoms with E-state index in [2.05, 4.69) is 0 Å². The number of alkyl halides is 3. The number of benzene rings is 1. The lowest BCUT2D eigenvalue weighted by Crippen LogP contribution is -2.21. The maximum Gasteiger partial charge on any atom is 0.417 e. The topological polar surface area (TPSA) is 113 Å². The van der Waals surface area contributed by atoms with Gasteiger partial charge < -0.3 is 4.90 Å². The van der Waals surface area contributed by atoms with E-state index < -0.39 is 48.8 Å². The van der Waals surface area contributed by atoms with Gasteiger partial charge in [0.1, 0.15) is 4.90 Å². The molecule has 0 aliphatic heterocycles. The van der Waals surface area contributed by atoms with Gasteiger partial charge in [-0.15, -0.1) is 0 Å². The molecule has 1 aromatic carbocycles. The molecule has 0 radical (unpaired) electrons. The molecule has 0 spiro atoms. The first-order valence-electron chi connectivity index (χ1n) is 6.80. The predicted octanol–water partition coefficient (Wildman–Crippen LogP) is 3.98. The normalized spacial score (nSPS) is 12.4. The second-order valence-corrected chi connectivity index (χ2v) is 6.24. The maximum absolute atomic E-state index is 13.3.